The largest absolute Gasteiger partial charge is 0.495 e. The summed E-state index contributed by atoms with van der Waals surface area (Å²) in [6.07, 6.45) is 1.06. The molecule has 0 bridgehead atoms. The van der Waals surface area contributed by atoms with Gasteiger partial charge in [-0.1, -0.05) is 31.8 Å². The van der Waals surface area contributed by atoms with Crippen LogP contribution in [-0.2, 0) is 11.3 Å². The number of benzene rings is 1. The van der Waals surface area contributed by atoms with Gasteiger partial charge in [0.2, 0.25) is 0 Å². The molecule has 0 amide bonds. The van der Waals surface area contributed by atoms with Crippen molar-refractivity contribution in [1.82, 2.24) is 0 Å². The van der Waals surface area contributed by atoms with E-state index in [-0.39, 0.29) is 6.61 Å². The number of rotatable bonds is 6. The lowest BCUT2D eigenvalue weighted by Crippen LogP contribution is -2.00. The zero-order valence-corrected chi connectivity index (χ0v) is 11.9. The monoisotopic (exact) mass is 262 g/mol. The number of ether oxygens (including phenoxy) is 2. The maximum absolute atomic E-state index is 8.75. The Labute approximate surface area is 115 Å². The van der Waals surface area contributed by atoms with Gasteiger partial charge in [-0.3, -0.25) is 0 Å². The maximum atomic E-state index is 8.75. The molecular weight excluding hydrogens is 240 g/mol. The van der Waals surface area contributed by atoms with E-state index in [0.717, 1.165) is 24.2 Å². The number of hydrogen-bond donors (Lipinski definition) is 1. The van der Waals surface area contributed by atoms with Crippen LogP contribution in [0.5, 0.6) is 5.75 Å². The van der Waals surface area contributed by atoms with Crippen LogP contribution in [0, 0.1) is 17.8 Å². The first-order valence-electron chi connectivity index (χ1n) is 6.51. The van der Waals surface area contributed by atoms with Crippen molar-refractivity contribution < 1.29 is 14.6 Å². The molecule has 0 atom stereocenters. The van der Waals surface area contributed by atoms with Crippen LogP contribution < -0.4 is 4.74 Å². The van der Waals surface area contributed by atoms with E-state index in [4.69, 9.17) is 14.6 Å². The first kappa shape index (κ1) is 15.6. The lowest BCUT2D eigenvalue weighted by molar-refractivity contribution is 0.110. The molecule has 0 aliphatic rings. The smallest absolute Gasteiger partial charge is 0.134 e. The van der Waals surface area contributed by atoms with Crippen molar-refractivity contribution in [2.75, 3.05) is 20.3 Å². The summed E-state index contributed by atoms with van der Waals surface area (Å²) in [7, 11) is 1.61. The summed E-state index contributed by atoms with van der Waals surface area (Å²) < 4.78 is 10.9. The third-order valence-corrected chi connectivity index (χ3v) is 2.67. The number of methoxy groups -OCH3 is 1. The van der Waals surface area contributed by atoms with Crippen molar-refractivity contribution in [2.24, 2.45) is 5.92 Å². The van der Waals surface area contributed by atoms with Crippen molar-refractivity contribution in [3.8, 4) is 17.6 Å². The zero-order valence-electron chi connectivity index (χ0n) is 11.9. The summed E-state index contributed by atoms with van der Waals surface area (Å²) in [4.78, 5) is 0. The van der Waals surface area contributed by atoms with Crippen LogP contribution in [0.2, 0.25) is 0 Å². The Morgan fingerprint density at radius 1 is 1.32 bits per heavy atom. The Morgan fingerprint density at radius 3 is 2.74 bits per heavy atom. The average Bonchev–Trinajstić information content (AvgIpc) is 2.41. The average molecular weight is 262 g/mol. The second-order valence-corrected chi connectivity index (χ2v) is 4.73. The molecule has 1 aromatic carbocycles. The quantitative estimate of drug-likeness (QED) is 0.632. The molecule has 3 heteroatoms. The molecule has 19 heavy (non-hydrogen) atoms. The highest BCUT2D eigenvalue weighted by molar-refractivity contribution is 5.48. The van der Waals surface area contributed by atoms with Gasteiger partial charge < -0.3 is 14.6 Å². The normalized spacial score (nSPS) is 10.2. The molecule has 0 aliphatic carbocycles. The predicted molar refractivity (Wildman–Crippen MR) is 76.1 cm³/mol. The number of aliphatic hydroxyl groups excluding tert-OH is 1. The van der Waals surface area contributed by atoms with Crippen molar-refractivity contribution in [3.05, 3.63) is 29.3 Å². The maximum Gasteiger partial charge on any atom is 0.134 e. The molecule has 3 nitrogen and oxygen atoms in total. The van der Waals surface area contributed by atoms with Gasteiger partial charge in [0.15, 0.2) is 0 Å². The van der Waals surface area contributed by atoms with Crippen molar-refractivity contribution in [2.45, 2.75) is 26.9 Å². The van der Waals surface area contributed by atoms with Crippen LogP contribution in [0.3, 0.4) is 0 Å². The third kappa shape index (κ3) is 5.78. The van der Waals surface area contributed by atoms with E-state index >= 15 is 0 Å². The van der Waals surface area contributed by atoms with Crippen molar-refractivity contribution >= 4 is 0 Å². The molecule has 104 valence electrons. The summed E-state index contributed by atoms with van der Waals surface area (Å²) in [6.45, 7) is 5.54. The molecule has 0 aliphatic heterocycles. The van der Waals surface area contributed by atoms with E-state index in [1.165, 1.54) is 0 Å². The molecule has 0 unspecified atom stereocenters. The molecule has 1 aromatic rings. The predicted octanol–water partition coefficient (Wildman–Crippen LogP) is 2.60. The minimum Gasteiger partial charge on any atom is -0.495 e. The van der Waals surface area contributed by atoms with Gasteiger partial charge in [-0.25, -0.2) is 0 Å². The standard InChI is InChI=1S/C16H22O3/c1-13(2)8-10-19-12-14-6-7-16(18-3)15(11-14)5-4-9-17/h6-7,11,13,17H,8-10,12H2,1-3H3. The Hall–Kier alpha value is -1.50. The van der Waals surface area contributed by atoms with E-state index in [0.29, 0.717) is 18.3 Å². The highest BCUT2D eigenvalue weighted by atomic mass is 16.5. The zero-order chi connectivity index (χ0) is 14.1. The topological polar surface area (TPSA) is 38.7 Å². The molecule has 0 fully saturated rings. The SMILES string of the molecule is COc1ccc(COCCC(C)C)cc1C#CCO. The molecule has 0 spiro atoms. The Morgan fingerprint density at radius 2 is 2.11 bits per heavy atom. The summed E-state index contributed by atoms with van der Waals surface area (Å²) in [5.74, 6) is 6.88. The molecule has 1 rings (SSSR count). The van der Waals surface area contributed by atoms with Crippen molar-refractivity contribution in [1.29, 1.82) is 0 Å². The van der Waals surface area contributed by atoms with Crippen LogP contribution in [0.15, 0.2) is 18.2 Å². The van der Waals surface area contributed by atoms with Crippen LogP contribution >= 0.6 is 0 Å². The van der Waals surface area contributed by atoms with E-state index < -0.39 is 0 Å². The number of aliphatic hydroxyl groups is 1. The van der Waals surface area contributed by atoms with Gasteiger partial charge in [0.05, 0.1) is 19.3 Å². The Bertz CT molecular complexity index is 441. The van der Waals surface area contributed by atoms with E-state index in [9.17, 15) is 0 Å². The van der Waals surface area contributed by atoms with Crippen LogP contribution in [0.25, 0.3) is 0 Å². The minimum absolute atomic E-state index is 0.154. The molecular formula is C16H22O3. The van der Waals surface area contributed by atoms with Gasteiger partial charge in [0, 0.05) is 6.61 Å². The van der Waals surface area contributed by atoms with Gasteiger partial charge in [0.1, 0.15) is 12.4 Å². The molecule has 0 saturated heterocycles. The highest BCUT2D eigenvalue weighted by Crippen LogP contribution is 2.19. The lowest BCUT2D eigenvalue weighted by atomic mass is 10.1. The minimum atomic E-state index is -0.154. The summed E-state index contributed by atoms with van der Waals surface area (Å²) in [5.41, 5.74) is 1.84. The van der Waals surface area contributed by atoms with Crippen LogP contribution in [-0.4, -0.2) is 25.4 Å². The first-order valence-corrected chi connectivity index (χ1v) is 6.51. The molecule has 0 heterocycles. The second-order valence-electron chi connectivity index (χ2n) is 4.73. The fourth-order valence-corrected chi connectivity index (χ4v) is 1.59. The summed E-state index contributed by atoms with van der Waals surface area (Å²) in [5, 5.41) is 8.75. The fourth-order valence-electron chi connectivity index (χ4n) is 1.59. The third-order valence-electron chi connectivity index (χ3n) is 2.67. The summed E-state index contributed by atoms with van der Waals surface area (Å²) >= 11 is 0. The Kier molecular flexibility index (Phi) is 7.02. The van der Waals surface area contributed by atoms with Crippen LogP contribution in [0.4, 0.5) is 0 Å². The molecule has 0 saturated carbocycles. The van der Waals surface area contributed by atoms with Crippen LogP contribution in [0.1, 0.15) is 31.4 Å². The van der Waals surface area contributed by atoms with Gasteiger partial charge in [-0.05, 0) is 30.0 Å². The van der Waals surface area contributed by atoms with Gasteiger partial charge in [0.25, 0.3) is 0 Å². The second kappa shape index (κ2) is 8.58. The van der Waals surface area contributed by atoms with E-state index in [1.54, 1.807) is 7.11 Å². The molecule has 0 radical (unpaired) electrons. The molecule has 1 N–H and O–H groups in total. The Balaban J connectivity index is 2.64. The first-order chi connectivity index (χ1) is 9.17. The van der Waals surface area contributed by atoms with Gasteiger partial charge in [-0.2, -0.15) is 0 Å². The van der Waals surface area contributed by atoms with Crippen molar-refractivity contribution in [3.63, 3.8) is 0 Å². The van der Waals surface area contributed by atoms with E-state index in [1.807, 2.05) is 18.2 Å². The van der Waals surface area contributed by atoms with E-state index in [2.05, 4.69) is 25.7 Å². The fraction of sp³-hybridized carbons (Fsp3) is 0.500. The lowest BCUT2D eigenvalue weighted by Gasteiger charge is -2.09. The van der Waals surface area contributed by atoms with Gasteiger partial charge >= 0.3 is 0 Å². The summed E-state index contributed by atoms with van der Waals surface area (Å²) in [6, 6.07) is 5.79. The molecule has 0 aromatic heterocycles. The van der Waals surface area contributed by atoms with Gasteiger partial charge in [-0.15, -0.1) is 0 Å². The highest BCUT2D eigenvalue weighted by Gasteiger charge is 2.03. The number of hydrogen-bond acceptors (Lipinski definition) is 3.